The zero-order chi connectivity index (χ0) is 23.9. The minimum Gasteiger partial charge on any atom is -0.348 e. The van der Waals surface area contributed by atoms with Gasteiger partial charge in [-0.25, -0.2) is 13.4 Å². The van der Waals surface area contributed by atoms with Gasteiger partial charge >= 0.3 is 0 Å². The fourth-order valence-electron chi connectivity index (χ4n) is 5.03. The van der Waals surface area contributed by atoms with Crippen LogP contribution in [0.3, 0.4) is 0 Å². The Balaban J connectivity index is 1.47. The van der Waals surface area contributed by atoms with E-state index in [9.17, 15) is 8.42 Å². The molecule has 1 aliphatic carbocycles. The molecule has 3 heterocycles. The van der Waals surface area contributed by atoms with Crippen LogP contribution in [0.1, 0.15) is 56.4 Å². The number of pyridine rings is 1. The summed E-state index contributed by atoms with van der Waals surface area (Å²) >= 11 is 0. The van der Waals surface area contributed by atoms with Crippen molar-refractivity contribution in [2.45, 2.75) is 62.7 Å². The van der Waals surface area contributed by atoms with Crippen LogP contribution >= 0.6 is 0 Å². The molecule has 7 heteroatoms. The van der Waals surface area contributed by atoms with E-state index in [4.69, 9.17) is 9.47 Å². The van der Waals surface area contributed by atoms with Crippen molar-refractivity contribution in [2.24, 2.45) is 5.92 Å². The van der Waals surface area contributed by atoms with E-state index in [0.29, 0.717) is 17.4 Å². The fraction of sp³-hybridized carbons (Fsp3) is 0.444. The number of hydrogen-bond donors (Lipinski definition) is 1. The SMILES string of the molecule is CC1(C)OCC(Cc2cnc3[nH]c(/C(=C/C4CCCC4)c4ccc(S(C)(=O)=O)cc4)cc3c2)O1. The van der Waals surface area contributed by atoms with Gasteiger partial charge in [-0.3, -0.25) is 0 Å². The van der Waals surface area contributed by atoms with E-state index in [1.807, 2.05) is 32.2 Å². The van der Waals surface area contributed by atoms with Crippen molar-refractivity contribution in [3.63, 3.8) is 0 Å². The predicted octanol–water partition coefficient (Wildman–Crippen LogP) is 5.28. The van der Waals surface area contributed by atoms with Crippen LogP contribution in [-0.4, -0.2) is 43.1 Å². The van der Waals surface area contributed by atoms with Crippen LogP contribution in [0.4, 0.5) is 0 Å². The summed E-state index contributed by atoms with van der Waals surface area (Å²) in [5, 5.41) is 1.05. The smallest absolute Gasteiger partial charge is 0.175 e. The van der Waals surface area contributed by atoms with E-state index in [1.165, 1.54) is 31.9 Å². The van der Waals surface area contributed by atoms with Gasteiger partial charge in [-0.1, -0.05) is 31.1 Å². The normalized spacial score (nSPS) is 21.5. The third-order valence-corrected chi connectivity index (χ3v) is 7.87. The zero-order valence-electron chi connectivity index (χ0n) is 20.0. The fourth-order valence-corrected chi connectivity index (χ4v) is 5.66. The van der Waals surface area contributed by atoms with Crippen molar-refractivity contribution in [1.29, 1.82) is 0 Å². The highest BCUT2D eigenvalue weighted by atomic mass is 32.2. The van der Waals surface area contributed by atoms with Crippen LogP contribution in [0.2, 0.25) is 0 Å². The maximum Gasteiger partial charge on any atom is 0.175 e. The molecule has 1 saturated carbocycles. The third-order valence-electron chi connectivity index (χ3n) is 6.74. The molecule has 0 amide bonds. The van der Waals surface area contributed by atoms with Crippen LogP contribution in [-0.2, 0) is 25.7 Å². The number of ether oxygens (including phenoxy) is 2. The van der Waals surface area contributed by atoms with Crippen molar-refractivity contribution in [3.05, 3.63) is 65.5 Å². The van der Waals surface area contributed by atoms with E-state index in [2.05, 4.69) is 28.2 Å². The molecule has 0 spiro atoms. The van der Waals surface area contributed by atoms with Gasteiger partial charge in [0.1, 0.15) is 5.65 Å². The quantitative estimate of drug-likeness (QED) is 0.519. The highest BCUT2D eigenvalue weighted by molar-refractivity contribution is 7.90. The number of nitrogens with one attached hydrogen (secondary N) is 1. The lowest BCUT2D eigenvalue weighted by Crippen LogP contribution is -2.22. The van der Waals surface area contributed by atoms with Crippen LogP contribution in [0.25, 0.3) is 16.6 Å². The Morgan fingerprint density at radius 2 is 1.91 bits per heavy atom. The van der Waals surface area contributed by atoms with Crippen molar-refractivity contribution < 1.29 is 17.9 Å². The van der Waals surface area contributed by atoms with E-state index >= 15 is 0 Å². The number of hydrogen-bond acceptors (Lipinski definition) is 5. The first-order chi connectivity index (χ1) is 16.2. The summed E-state index contributed by atoms with van der Waals surface area (Å²) in [5.41, 5.74) is 5.06. The summed E-state index contributed by atoms with van der Waals surface area (Å²) in [5.74, 6) is -0.00172. The van der Waals surface area contributed by atoms with E-state index in [-0.39, 0.29) is 6.10 Å². The van der Waals surface area contributed by atoms with Crippen molar-refractivity contribution in [3.8, 4) is 0 Å². The molecule has 1 aliphatic heterocycles. The maximum absolute atomic E-state index is 11.9. The molecule has 6 nitrogen and oxygen atoms in total. The van der Waals surface area contributed by atoms with Gasteiger partial charge in [0.25, 0.3) is 0 Å². The second-order valence-electron chi connectivity index (χ2n) is 10.0. The molecule has 2 aliphatic rings. The summed E-state index contributed by atoms with van der Waals surface area (Å²) < 4.78 is 35.5. The first-order valence-corrected chi connectivity index (χ1v) is 13.9. The van der Waals surface area contributed by atoms with Gasteiger partial charge in [0.05, 0.1) is 17.6 Å². The molecule has 1 saturated heterocycles. The number of rotatable bonds is 6. The summed E-state index contributed by atoms with van der Waals surface area (Å²) in [6.45, 7) is 4.46. The molecule has 0 bridgehead atoms. The zero-order valence-corrected chi connectivity index (χ0v) is 20.8. The lowest BCUT2D eigenvalue weighted by Gasteiger charge is -2.16. The number of nitrogens with zero attached hydrogens (tertiary/aromatic N) is 1. The van der Waals surface area contributed by atoms with Crippen molar-refractivity contribution in [1.82, 2.24) is 9.97 Å². The Labute approximate surface area is 201 Å². The molecule has 180 valence electrons. The minimum absolute atomic E-state index is 0.0267. The Bertz CT molecular complexity index is 1320. The topological polar surface area (TPSA) is 81.3 Å². The average Bonchev–Trinajstić information content (AvgIpc) is 3.51. The first kappa shape index (κ1) is 23.3. The minimum atomic E-state index is -3.23. The summed E-state index contributed by atoms with van der Waals surface area (Å²) in [4.78, 5) is 8.50. The summed E-state index contributed by atoms with van der Waals surface area (Å²) in [6.07, 6.45) is 11.1. The van der Waals surface area contributed by atoms with Gasteiger partial charge < -0.3 is 14.5 Å². The van der Waals surface area contributed by atoms with Gasteiger partial charge in [0.15, 0.2) is 15.6 Å². The summed E-state index contributed by atoms with van der Waals surface area (Å²) in [7, 11) is -3.23. The molecule has 2 aromatic heterocycles. The average molecular weight is 481 g/mol. The molecular formula is C27H32N2O4S. The van der Waals surface area contributed by atoms with Gasteiger partial charge in [0.2, 0.25) is 0 Å². The predicted molar refractivity (Wildman–Crippen MR) is 133 cm³/mol. The largest absolute Gasteiger partial charge is 0.348 e. The number of fused-ring (bicyclic) bond motifs is 1. The van der Waals surface area contributed by atoms with Gasteiger partial charge in [-0.2, -0.15) is 0 Å². The van der Waals surface area contributed by atoms with Crippen LogP contribution in [0.15, 0.2) is 53.6 Å². The van der Waals surface area contributed by atoms with Crippen LogP contribution < -0.4 is 0 Å². The second-order valence-corrected chi connectivity index (χ2v) is 12.1. The standard InChI is InChI=1S/C27H32N2O4S/c1-27(2)32-17-22(33-27)13-19-12-21-15-25(29-26(21)28-16-19)24(14-18-6-4-5-7-18)20-8-10-23(11-9-20)34(3,30)31/h8-12,14-16,18,22H,4-7,13,17H2,1-3H3,(H,28,29)/b24-14+. The summed E-state index contributed by atoms with van der Waals surface area (Å²) in [6, 6.07) is 11.5. The highest BCUT2D eigenvalue weighted by Crippen LogP contribution is 2.33. The van der Waals surface area contributed by atoms with Crippen molar-refractivity contribution in [2.75, 3.05) is 12.9 Å². The van der Waals surface area contributed by atoms with Crippen molar-refractivity contribution >= 4 is 26.4 Å². The van der Waals surface area contributed by atoms with Crippen LogP contribution in [0, 0.1) is 5.92 Å². The Kier molecular flexibility index (Phi) is 6.12. The number of allylic oxidation sites excluding steroid dienone is 1. The number of aromatic amines is 1. The number of aromatic nitrogens is 2. The Hall–Kier alpha value is -2.48. The molecule has 1 unspecified atom stereocenters. The number of benzene rings is 1. The highest BCUT2D eigenvalue weighted by Gasteiger charge is 2.32. The molecule has 5 rings (SSSR count). The molecular weight excluding hydrogens is 448 g/mol. The molecule has 1 N–H and O–H groups in total. The van der Waals surface area contributed by atoms with Gasteiger partial charge in [0, 0.05) is 35.5 Å². The van der Waals surface area contributed by atoms with E-state index < -0.39 is 15.6 Å². The van der Waals surface area contributed by atoms with Crippen LogP contribution in [0.5, 0.6) is 0 Å². The second kappa shape index (κ2) is 8.95. The van der Waals surface area contributed by atoms with E-state index in [0.717, 1.165) is 39.8 Å². The van der Waals surface area contributed by atoms with Gasteiger partial charge in [-0.05, 0) is 68.0 Å². The Morgan fingerprint density at radius 3 is 2.56 bits per heavy atom. The molecule has 1 atom stereocenters. The number of sulfone groups is 1. The number of H-pyrrole nitrogens is 1. The molecule has 34 heavy (non-hydrogen) atoms. The third kappa shape index (κ3) is 5.11. The first-order valence-electron chi connectivity index (χ1n) is 12.0. The lowest BCUT2D eigenvalue weighted by atomic mass is 9.96. The molecule has 1 aromatic carbocycles. The van der Waals surface area contributed by atoms with Gasteiger partial charge in [-0.15, -0.1) is 0 Å². The monoisotopic (exact) mass is 480 g/mol. The molecule has 2 fully saturated rings. The molecule has 3 aromatic rings. The molecule has 0 radical (unpaired) electrons. The lowest BCUT2D eigenvalue weighted by molar-refractivity contribution is -0.138. The Morgan fingerprint density at radius 1 is 1.18 bits per heavy atom. The van der Waals surface area contributed by atoms with E-state index in [1.54, 1.807) is 12.1 Å². The maximum atomic E-state index is 11.9.